The van der Waals surface area contributed by atoms with Gasteiger partial charge in [0.25, 0.3) is 5.56 Å². The lowest BCUT2D eigenvalue weighted by Crippen LogP contribution is -2.40. The van der Waals surface area contributed by atoms with Gasteiger partial charge in [0.2, 0.25) is 0 Å². The number of thiazole rings is 1. The molecule has 11 heteroatoms. The Morgan fingerprint density at radius 2 is 1.76 bits per heavy atom. The number of rotatable bonds is 10. The van der Waals surface area contributed by atoms with E-state index in [2.05, 4.69) is 44.6 Å². The lowest BCUT2D eigenvalue weighted by Gasteiger charge is -2.26. The largest absolute Gasteiger partial charge is 0.494 e. The molecule has 0 saturated heterocycles. The molecule has 6 rings (SSSR count). The number of nitriles is 1. The van der Waals surface area contributed by atoms with Crippen LogP contribution in [0, 0.1) is 14.9 Å². The highest BCUT2D eigenvalue weighted by molar-refractivity contribution is 14.1. The van der Waals surface area contributed by atoms with Gasteiger partial charge in [-0.1, -0.05) is 87.9 Å². The van der Waals surface area contributed by atoms with Crippen LogP contribution in [0.3, 0.4) is 0 Å². The number of nitrogens with zero attached hydrogens (tertiary/aromatic N) is 3. The summed E-state index contributed by atoms with van der Waals surface area (Å²) in [5, 5.41) is 9.58. The van der Waals surface area contributed by atoms with E-state index in [0.717, 1.165) is 19.2 Å². The van der Waals surface area contributed by atoms with Gasteiger partial charge in [0.1, 0.15) is 18.1 Å². The molecular formula is C38H29BrIN3O5S. The molecule has 0 fully saturated rings. The fourth-order valence-corrected chi connectivity index (χ4v) is 8.25. The van der Waals surface area contributed by atoms with Crippen molar-refractivity contribution in [2.24, 2.45) is 4.99 Å². The average molecular weight is 847 g/mol. The molecule has 1 aliphatic rings. The summed E-state index contributed by atoms with van der Waals surface area (Å²) in [5.74, 6) is 0.702. The number of aromatic nitrogens is 1. The first-order chi connectivity index (χ1) is 23.8. The predicted molar refractivity (Wildman–Crippen MR) is 201 cm³/mol. The number of esters is 1. The molecular weight excluding hydrogens is 817 g/mol. The van der Waals surface area contributed by atoms with Gasteiger partial charge in [-0.3, -0.25) is 9.36 Å². The van der Waals surface area contributed by atoms with Gasteiger partial charge in [0.05, 0.1) is 50.3 Å². The second kappa shape index (κ2) is 15.4. The normalized spacial score (nSPS) is 14.1. The van der Waals surface area contributed by atoms with Crippen molar-refractivity contribution in [1.29, 1.82) is 5.26 Å². The Balaban J connectivity index is 1.55. The molecule has 0 N–H and O–H groups in total. The van der Waals surface area contributed by atoms with E-state index in [0.29, 0.717) is 49.8 Å². The highest BCUT2D eigenvalue weighted by Crippen LogP contribution is 2.36. The Labute approximate surface area is 308 Å². The minimum absolute atomic E-state index is 0.161. The van der Waals surface area contributed by atoms with Crippen LogP contribution in [0.25, 0.3) is 11.8 Å². The number of carbonyl (C=O) groups excluding carboxylic acids is 1. The van der Waals surface area contributed by atoms with Crippen molar-refractivity contribution in [2.75, 3.05) is 13.2 Å². The smallest absolute Gasteiger partial charge is 0.338 e. The van der Waals surface area contributed by atoms with E-state index < -0.39 is 12.0 Å². The van der Waals surface area contributed by atoms with E-state index >= 15 is 0 Å². The summed E-state index contributed by atoms with van der Waals surface area (Å²) in [6.45, 7) is 4.50. The van der Waals surface area contributed by atoms with E-state index in [1.807, 2.05) is 91.9 Å². The molecule has 246 valence electrons. The summed E-state index contributed by atoms with van der Waals surface area (Å²) in [4.78, 5) is 33.6. The van der Waals surface area contributed by atoms with Crippen LogP contribution >= 0.6 is 49.9 Å². The zero-order chi connectivity index (χ0) is 34.5. The van der Waals surface area contributed by atoms with Gasteiger partial charge >= 0.3 is 5.97 Å². The van der Waals surface area contributed by atoms with Crippen LogP contribution in [0.4, 0.5) is 0 Å². The number of benzene rings is 4. The monoisotopic (exact) mass is 845 g/mol. The van der Waals surface area contributed by atoms with Crippen molar-refractivity contribution in [3.8, 4) is 17.6 Å². The standard InChI is InChI=1S/C38H29BrIN3O5S/c1-3-46-29-16-14-24(15-17-29)34-32(37(45)47-4-2)33(23-10-6-5-7-11-23)42-38-43(34)36(44)31(49-38)19-27-18-28(39)20-30(40)35(27)48-22-26-13-9-8-12-25(26)21-41/h5-20,34H,3-4,22H2,1-2H3/b31-19-/t34-/m0/s1. The fraction of sp³-hybridized carbons (Fsp3) is 0.158. The van der Waals surface area contributed by atoms with Gasteiger partial charge in [0.15, 0.2) is 4.80 Å². The van der Waals surface area contributed by atoms with Crippen molar-refractivity contribution in [1.82, 2.24) is 4.57 Å². The summed E-state index contributed by atoms with van der Waals surface area (Å²) in [5.41, 5.74) is 3.80. The molecule has 1 atom stereocenters. The summed E-state index contributed by atoms with van der Waals surface area (Å²) in [7, 11) is 0. The van der Waals surface area contributed by atoms with E-state index in [-0.39, 0.29) is 24.3 Å². The molecule has 1 aromatic heterocycles. The van der Waals surface area contributed by atoms with E-state index in [1.54, 1.807) is 23.6 Å². The van der Waals surface area contributed by atoms with E-state index in [9.17, 15) is 14.9 Å². The van der Waals surface area contributed by atoms with E-state index in [1.165, 1.54) is 11.3 Å². The van der Waals surface area contributed by atoms with Crippen molar-refractivity contribution in [2.45, 2.75) is 26.5 Å². The van der Waals surface area contributed by atoms with Crippen LogP contribution in [0.5, 0.6) is 11.5 Å². The van der Waals surface area contributed by atoms with Crippen molar-refractivity contribution in [3.05, 3.63) is 152 Å². The zero-order valence-corrected chi connectivity index (χ0v) is 31.0. The molecule has 2 heterocycles. The van der Waals surface area contributed by atoms with E-state index in [4.69, 9.17) is 19.2 Å². The second-order valence-corrected chi connectivity index (χ2v) is 13.9. The molecule has 0 saturated carbocycles. The lowest BCUT2D eigenvalue weighted by molar-refractivity contribution is -0.138. The summed E-state index contributed by atoms with van der Waals surface area (Å²) < 4.78 is 21.2. The molecule has 0 bridgehead atoms. The Morgan fingerprint density at radius 1 is 1.02 bits per heavy atom. The molecule has 0 spiro atoms. The summed E-state index contributed by atoms with van der Waals surface area (Å²) >= 11 is 7.03. The highest BCUT2D eigenvalue weighted by atomic mass is 127. The third-order valence-electron chi connectivity index (χ3n) is 7.71. The minimum Gasteiger partial charge on any atom is -0.494 e. The Hall–Kier alpha value is -4.51. The number of ether oxygens (including phenoxy) is 3. The van der Waals surface area contributed by atoms with Gasteiger partial charge < -0.3 is 14.2 Å². The van der Waals surface area contributed by atoms with Gasteiger partial charge in [0, 0.05) is 21.2 Å². The number of carbonyl (C=O) groups is 1. The van der Waals surface area contributed by atoms with Crippen LogP contribution in [0.15, 0.2) is 111 Å². The molecule has 8 nitrogen and oxygen atoms in total. The first-order valence-electron chi connectivity index (χ1n) is 15.4. The van der Waals surface area contributed by atoms with Crippen molar-refractivity contribution < 1.29 is 19.0 Å². The molecule has 0 radical (unpaired) electrons. The molecule has 0 amide bonds. The van der Waals surface area contributed by atoms with Gasteiger partial charge in [-0.25, -0.2) is 9.79 Å². The highest BCUT2D eigenvalue weighted by Gasteiger charge is 2.35. The van der Waals surface area contributed by atoms with Gasteiger partial charge in [-0.2, -0.15) is 5.26 Å². The maximum absolute atomic E-state index is 14.5. The average Bonchev–Trinajstić information content (AvgIpc) is 3.42. The van der Waals surface area contributed by atoms with Gasteiger partial charge in [-0.05, 0) is 78.4 Å². The fourth-order valence-electron chi connectivity index (χ4n) is 5.55. The van der Waals surface area contributed by atoms with Gasteiger partial charge in [-0.15, -0.1) is 0 Å². The molecule has 1 aliphatic heterocycles. The molecule has 5 aromatic rings. The summed E-state index contributed by atoms with van der Waals surface area (Å²) in [6, 6.07) is 29.3. The maximum atomic E-state index is 14.5. The SMILES string of the molecule is CCOC(=O)C1=C(c2ccccc2)N=c2s/c(=C\c3cc(Br)cc(I)c3OCc3ccccc3C#N)c(=O)n2[C@H]1c1ccc(OCC)cc1. The van der Waals surface area contributed by atoms with Crippen LogP contribution in [-0.4, -0.2) is 23.8 Å². The van der Waals surface area contributed by atoms with Crippen molar-refractivity contribution in [3.63, 3.8) is 0 Å². The third kappa shape index (κ3) is 7.27. The summed E-state index contributed by atoms with van der Waals surface area (Å²) in [6.07, 6.45) is 1.79. The van der Waals surface area contributed by atoms with Crippen LogP contribution < -0.4 is 24.4 Å². The first-order valence-corrected chi connectivity index (χ1v) is 18.1. The van der Waals surface area contributed by atoms with Crippen molar-refractivity contribution >= 4 is 67.6 Å². The quantitative estimate of drug-likeness (QED) is 0.109. The number of fused-ring (bicyclic) bond motifs is 1. The molecule has 4 aromatic carbocycles. The maximum Gasteiger partial charge on any atom is 0.338 e. The minimum atomic E-state index is -0.816. The zero-order valence-electron chi connectivity index (χ0n) is 26.5. The molecule has 0 unspecified atom stereocenters. The van der Waals surface area contributed by atoms with Crippen LogP contribution in [0.1, 0.15) is 47.7 Å². The number of hydrogen-bond acceptors (Lipinski definition) is 8. The number of halogens is 2. The molecule has 49 heavy (non-hydrogen) atoms. The molecule has 0 aliphatic carbocycles. The topological polar surface area (TPSA) is 103 Å². The third-order valence-corrected chi connectivity index (χ3v) is 9.96. The number of hydrogen-bond donors (Lipinski definition) is 0. The first kappa shape index (κ1) is 34.4. The van der Waals surface area contributed by atoms with Crippen LogP contribution in [-0.2, 0) is 16.1 Å². The lowest BCUT2D eigenvalue weighted by atomic mass is 9.93. The Kier molecular flexibility index (Phi) is 10.8. The Bertz CT molecular complexity index is 2290. The Morgan fingerprint density at radius 3 is 2.47 bits per heavy atom. The predicted octanol–water partition coefficient (Wildman–Crippen LogP) is 7.15. The van der Waals surface area contributed by atoms with Crippen LogP contribution in [0.2, 0.25) is 0 Å². The second-order valence-electron chi connectivity index (χ2n) is 10.8.